The SMILES string of the molecule is COc1ccc2c(c1)C(=O)C(C(C)(C)c1ccncc1)CO2. The molecule has 4 nitrogen and oxygen atoms in total. The lowest BCUT2D eigenvalue weighted by Crippen LogP contribution is -2.41. The van der Waals surface area contributed by atoms with Gasteiger partial charge in [-0.1, -0.05) is 13.8 Å². The molecule has 0 amide bonds. The average Bonchev–Trinajstić information content (AvgIpc) is 2.55. The highest BCUT2D eigenvalue weighted by Gasteiger charge is 2.41. The number of aromatic nitrogens is 1. The van der Waals surface area contributed by atoms with E-state index in [1.165, 1.54) is 0 Å². The molecule has 2 aromatic rings. The summed E-state index contributed by atoms with van der Waals surface area (Å²) in [5.74, 6) is 1.15. The molecule has 1 aromatic carbocycles. The molecule has 0 saturated carbocycles. The minimum absolute atomic E-state index is 0.0990. The number of ketones is 1. The summed E-state index contributed by atoms with van der Waals surface area (Å²) in [6.07, 6.45) is 3.50. The van der Waals surface area contributed by atoms with Crippen LogP contribution in [0.3, 0.4) is 0 Å². The monoisotopic (exact) mass is 297 g/mol. The smallest absolute Gasteiger partial charge is 0.174 e. The normalized spacial score (nSPS) is 17.6. The summed E-state index contributed by atoms with van der Waals surface area (Å²) in [4.78, 5) is 17.0. The highest BCUT2D eigenvalue weighted by molar-refractivity contribution is 6.02. The highest BCUT2D eigenvalue weighted by Crippen LogP contribution is 2.39. The van der Waals surface area contributed by atoms with Gasteiger partial charge in [0.05, 0.1) is 25.2 Å². The van der Waals surface area contributed by atoms with E-state index in [0.717, 1.165) is 5.56 Å². The van der Waals surface area contributed by atoms with E-state index in [4.69, 9.17) is 9.47 Å². The molecule has 22 heavy (non-hydrogen) atoms. The van der Waals surface area contributed by atoms with E-state index in [1.807, 2.05) is 12.1 Å². The van der Waals surface area contributed by atoms with Crippen molar-refractivity contribution in [2.45, 2.75) is 19.3 Å². The number of methoxy groups -OCH3 is 1. The first-order chi connectivity index (χ1) is 10.5. The second kappa shape index (κ2) is 5.44. The fraction of sp³-hybridized carbons (Fsp3) is 0.333. The molecule has 0 N–H and O–H groups in total. The molecule has 0 radical (unpaired) electrons. The van der Waals surface area contributed by atoms with Gasteiger partial charge < -0.3 is 9.47 Å². The number of carbonyl (C=O) groups excluding carboxylic acids is 1. The summed E-state index contributed by atoms with van der Waals surface area (Å²) in [7, 11) is 1.59. The van der Waals surface area contributed by atoms with E-state index in [9.17, 15) is 4.79 Å². The third-order valence-electron chi connectivity index (χ3n) is 4.47. The predicted octanol–water partition coefficient (Wildman–Crippen LogP) is 3.26. The molecule has 0 saturated heterocycles. The van der Waals surface area contributed by atoms with Crippen LogP contribution in [0.4, 0.5) is 0 Å². The summed E-state index contributed by atoms with van der Waals surface area (Å²) in [5, 5.41) is 0. The fourth-order valence-corrected chi connectivity index (χ4v) is 2.91. The van der Waals surface area contributed by atoms with E-state index in [1.54, 1.807) is 37.7 Å². The van der Waals surface area contributed by atoms with Gasteiger partial charge in [0.25, 0.3) is 0 Å². The Morgan fingerprint density at radius 2 is 1.95 bits per heavy atom. The Morgan fingerprint density at radius 1 is 1.23 bits per heavy atom. The molecule has 1 aromatic heterocycles. The summed E-state index contributed by atoms with van der Waals surface area (Å²) in [5.41, 5.74) is 1.34. The second-order valence-corrected chi connectivity index (χ2v) is 6.05. The fourth-order valence-electron chi connectivity index (χ4n) is 2.91. The number of hydrogen-bond donors (Lipinski definition) is 0. The number of carbonyl (C=O) groups is 1. The van der Waals surface area contributed by atoms with Gasteiger partial charge in [0.2, 0.25) is 0 Å². The van der Waals surface area contributed by atoms with Crippen molar-refractivity contribution in [3.05, 3.63) is 53.9 Å². The molecular weight excluding hydrogens is 278 g/mol. The van der Waals surface area contributed by atoms with Gasteiger partial charge in [0.15, 0.2) is 5.78 Å². The second-order valence-electron chi connectivity index (χ2n) is 6.05. The van der Waals surface area contributed by atoms with Crippen LogP contribution in [0.2, 0.25) is 0 Å². The molecule has 1 aliphatic rings. The summed E-state index contributed by atoms with van der Waals surface area (Å²) < 4.78 is 11.0. The lowest BCUT2D eigenvalue weighted by molar-refractivity contribution is 0.0736. The van der Waals surface area contributed by atoms with Gasteiger partial charge in [0, 0.05) is 17.8 Å². The van der Waals surface area contributed by atoms with E-state index in [2.05, 4.69) is 18.8 Å². The summed E-state index contributed by atoms with van der Waals surface area (Å²) in [6.45, 7) is 4.52. The van der Waals surface area contributed by atoms with Gasteiger partial charge in [0.1, 0.15) is 11.5 Å². The number of fused-ring (bicyclic) bond motifs is 1. The topological polar surface area (TPSA) is 48.4 Å². The van der Waals surface area contributed by atoms with Crippen molar-refractivity contribution < 1.29 is 14.3 Å². The van der Waals surface area contributed by atoms with Crippen LogP contribution in [-0.2, 0) is 5.41 Å². The van der Waals surface area contributed by atoms with Crippen LogP contribution in [-0.4, -0.2) is 24.5 Å². The van der Waals surface area contributed by atoms with Gasteiger partial charge in [-0.15, -0.1) is 0 Å². The van der Waals surface area contributed by atoms with Crippen molar-refractivity contribution in [3.8, 4) is 11.5 Å². The first-order valence-corrected chi connectivity index (χ1v) is 7.29. The van der Waals surface area contributed by atoms with Crippen LogP contribution in [0.1, 0.15) is 29.8 Å². The molecule has 4 heteroatoms. The minimum atomic E-state index is -0.333. The number of nitrogens with zero attached hydrogens (tertiary/aromatic N) is 1. The molecule has 0 fully saturated rings. The lowest BCUT2D eigenvalue weighted by atomic mass is 9.70. The Morgan fingerprint density at radius 3 is 2.64 bits per heavy atom. The number of ether oxygens (including phenoxy) is 2. The number of hydrogen-bond acceptors (Lipinski definition) is 4. The molecule has 0 bridgehead atoms. The Balaban J connectivity index is 1.98. The molecule has 0 aliphatic carbocycles. The van der Waals surface area contributed by atoms with Crippen LogP contribution < -0.4 is 9.47 Å². The maximum atomic E-state index is 13.0. The van der Waals surface area contributed by atoms with Crippen LogP contribution in [0.15, 0.2) is 42.7 Å². The minimum Gasteiger partial charge on any atom is -0.497 e. The number of Topliss-reactive ketones (excluding diaryl/α,β-unsaturated/α-hetero) is 1. The third kappa shape index (κ3) is 2.34. The Labute approximate surface area is 130 Å². The Hall–Kier alpha value is -2.36. The Kier molecular flexibility index (Phi) is 3.61. The molecule has 1 atom stereocenters. The van der Waals surface area contributed by atoms with Crippen molar-refractivity contribution in [1.29, 1.82) is 0 Å². The zero-order valence-electron chi connectivity index (χ0n) is 13.0. The van der Waals surface area contributed by atoms with Gasteiger partial charge >= 0.3 is 0 Å². The molecule has 114 valence electrons. The molecular formula is C18H19NO3. The van der Waals surface area contributed by atoms with Crippen LogP contribution >= 0.6 is 0 Å². The van der Waals surface area contributed by atoms with Gasteiger partial charge in [-0.05, 0) is 35.9 Å². The van der Waals surface area contributed by atoms with E-state index in [0.29, 0.717) is 23.7 Å². The number of pyridine rings is 1. The van der Waals surface area contributed by atoms with Crippen molar-refractivity contribution in [3.63, 3.8) is 0 Å². The van der Waals surface area contributed by atoms with Gasteiger partial charge in [-0.3, -0.25) is 9.78 Å². The maximum absolute atomic E-state index is 13.0. The standard InChI is InChI=1S/C18H19NO3/c1-18(2,12-6-8-19-9-7-12)15-11-22-16-5-4-13(21-3)10-14(16)17(15)20/h4-10,15H,11H2,1-3H3. The number of benzene rings is 1. The number of rotatable bonds is 3. The molecule has 3 rings (SSSR count). The highest BCUT2D eigenvalue weighted by atomic mass is 16.5. The maximum Gasteiger partial charge on any atom is 0.174 e. The van der Waals surface area contributed by atoms with Crippen molar-refractivity contribution in [2.75, 3.05) is 13.7 Å². The molecule has 0 spiro atoms. The molecule has 1 aliphatic heterocycles. The quantitative estimate of drug-likeness (QED) is 0.872. The van der Waals surface area contributed by atoms with Crippen molar-refractivity contribution in [2.24, 2.45) is 5.92 Å². The Bertz CT molecular complexity index is 695. The third-order valence-corrected chi connectivity index (χ3v) is 4.47. The van der Waals surface area contributed by atoms with Crippen molar-refractivity contribution >= 4 is 5.78 Å². The first kappa shape index (κ1) is 14.6. The lowest BCUT2D eigenvalue weighted by Gasteiger charge is -2.36. The van der Waals surface area contributed by atoms with Crippen LogP contribution in [0.25, 0.3) is 0 Å². The largest absolute Gasteiger partial charge is 0.497 e. The zero-order chi connectivity index (χ0) is 15.7. The zero-order valence-corrected chi connectivity index (χ0v) is 13.0. The van der Waals surface area contributed by atoms with Crippen molar-refractivity contribution in [1.82, 2.24) is 4.98 Å². The first-order valence-electron chi connectivity index (χ1n) is 7.29. The molecule has 2 heterocycles. The van der Waals surface area contributed by atoms with Crippen LogP contribution in [0.5, 0.6) is 11.5 Å². The van der Waals surface area contributed by atoms with E-state index >= 15 is 0 Å². The van der Waals surface area contributed by atoms with Crippen LogP contribution in [0, 0.1) is 5.92 Å². The van der Waals surface area contributed by atoms with E-state index < -0.39 is 0 Å². The predicted molar refractivity (Wildman–Crippen MR) is 83.6 cm³/mol. The average molecular weight is 297 g/mol. The summed E-state index contributed by atoms with van der Waals surface area (Å²) in [6, 6.07) is 9.26. The molecule has 1 unspecified atom stereocenters. The van der Waals surface area contributed by atoms with E-state index in [-0.39, 0.29) is 17.1 Å². The van der Waals surface area contributed by atoms with Gasteiger partial charge in [-0.2, -0.15) is 0 Å². The van der Waals surface area contributed by atoms with Gasteiger partial charge in [-0.25, -0.2) is 0 Å². The summed E-state index contributed by atoms with van der Waals surface area (Å²) >= 11 is 0.